The van der Waals surface area contributed by atoms with Crippen molar-refractivity contribution in [2.75, 3.05) is 5.32 Å². The van der Waals surface area contributed by atoms with Crippen molar-refractivity contribution in [3.8, 4) is 0 Å². The summed E-state index contributed by atoms with van der Waals surface area (Å²) in [5, 5.41) is 11.6. The molecule has 0 radical (unpaired) electrons. The van der Waals surface area contributed by atoms with Gasteiger partial charge in [-0.1, -0.05) is 12.1 Å². The fraction of sp³-hybridized carbons (Fsp3) is 0.133. The summed E-state index contributed by atoms with van der Waals surface area (Å²) in [6.07, 6.45) is 0. The highest BCUT2D eigenvalue weighted by molar-refractivity contribution is 5.89. The maximum Gasteiger partial charge on any atom is 0.338 e. The normalized spacial score (nSPS) is 12.0. The smallest absolute Gasteiger partial charge is 0.338 e. The van der Waals surface area contributed by atoms with E-state index in [-0.39, 0.29) is 5.69 Å². The van der Waals surface area contributed by atoms with Crippen LogP contribution in [-0.4, -0.2) is 11.1 Å². The molecule has 1 atom stereocenters. The monoisotopic (exact) mass is 295 g/mol. The van der Waals surface area contributed by atoms with E-state index in [0.29, 0.717) is 11.6 Å². The van der Waals surface area contributed by atoms with Gasteiger partial charge in [-0.15, -0.1) is 0 Å². The summed E-state index contributed by atoms with van der Waals surface area (Å²) < 4.78 is 39.8. The number of hydrogen-bond donors (Lipinski definition) is 2. The number of carbonyl (C=O) groups is 1. The van der Waals surface area contributed by atoms with Gasteiger partial charge in [-0.2, -0.15) is 0 Å². The highest BCUT2D eigenvalue weighted by Crippen LogP contribution is 2.24. The summed E-state index contributed by atoms with van der Waals surface area (Å²) in [6.45, 7) is 1.69. The molecule has 0 aliphatic heterocycles. The molecule has 6 heteroatoms. The second-order valence-electron chi connectivity index (χ2n) is 4.53. The molecule has 1 unspecified atom stereocenters. The number of benzene rings is 2. The Kier molecular flexibility index (Phi) is 4.16. The van der Waals surface area contributed by atoms with E-state index in [1.54, 1.807) is 6.92 Å². The summed E-state index contributed by atoms with van der Waals surface area (Å²) in [7, 11) is 0. The number of hydrogen-bond acceptors (Lipinski definition) is 2. The van der Waals surface area contributed by atoms with Crippen LogP contribution < -0.4 is 5.32 Å². The Morgan fingerprint density at radius 3 is 2.29 bits per heavy atom. The van der Waals surface area contributed by atoms with Gasteiger partial charge in [0, 0.05) is 12.1 Å². The number of carboxylic acids is 1. The Hall–Kier alpha value is -2.50. The Bertz CT molecular complexity index is 671. The summed E-state index contributed by atoms with van der Waals surface area (Å²) in [4.78, 5) is 10.8. The van der Waals surface area contributed by atoms with Crippen molar-refractivity contribution in [2.24, 2.45) is 0 Å². The van der Waals surface area contributed by atoms with Crippen LogP contribution >= 0.6 is 0 Å². The minimum absolute atomic E-state index is 0.134. The van der Waals surface area contributed by atoms with Crippen LogP contribution in [0.2, 0.25) is 0 Å². The van der Waals surface area contributed by atoms with Gasteiger partial charge in [0.2, 0.25) is 0 Å². The number of halogens is 3. The largest absolute Gasteiger partial charge is 0.478 e. The van der Waals surface area contributed by atoms with Crippen LogP contribution in [0.4, 0.5) is 18.9 Å². The lowest BCUT2D eigenvalue weighted by molar-refractivity contribution is 0.0692. The van der Waals surface area contributed by atoms with Crippen LogP contribution in [0.15, 0.2) is 36.4 Å². The van der Waals surface area contributed by atoms with Crippen molar-refractivity contribution >= 4 is 11.7 Å². The number of carboxylic acid groups (broad SMARTS) is 1. The highest BCUT2D eigenvalue weighted by atomic mass is 19.1. The van der Waals surface area contributed by atoms with E-state index in [2.05, 4.69) is 5.32 Å². The van der Waals surface area contributed by atoms with Gasteiger partial charge >= 0.3 is 5.97 Å². The Morgan fingerprint density at radius 1 is 1.10 bits per heavy atom. The molecule has 2 aromatic rings. The molecule has 0 saturated carbocycles. The van der Waals surface area contributed by atoms with Crippen molar-refractivity contribution in [1.29, 1.82) is 0 Å². The standard InChI is InChI=1S/C15H12F3NO2/c1-8(9-2-4-10(16)5-3-9)19-14-6-11(15(20)21)12(17)7-13(14)18/h2-8,19H,1H3,(H,20,21). The topological polar surface area (TPSA) is 49.3 Å². The van der Waals surface area contributed by atoms with Crippen molar-refractivity contribution < 1.29 is 23.1 Å². The van der Waals surface area contributed by atoms with Crippen molar-refractivity contribution in [3.05, 3.63) is 65.0 Å². The SMILES string of the molecule is CC(Nc1cc(C(=O)O)c(F)cc1F)c1ccc(F)cc1. The molecule has 2 N–H and O–H groups in total. The van der Waals surface area contributed by atoms with E-state index in [1.165, 1.54) is 24.3 Å². The van der Waals surface area contributed by atoms with Crippen LogP contribution in [0.1, 0.15) is 28.9 Å². The van der Waals surface area contributed by atoms with E-state index in [0.717, 1.165) is 6.07 Å². The molecule has 0 saturated heterocycles. The van der Waals surface area contributed by atoms with Crippen molar-refractivity contribution in [1.82, 2.24) is 0 Å². The molecule has 2 rings (SSSR count). The summed E-state index contributed by atoms with van der Waals surface area (Å²) in [5.41, 5.74) is -0.0761. The zero-order valence-corrected chi connectivity index (χ0v) is 11.0. The first-order valence-electron chi connectivity index (χ1n) is 6.13. The van der Waals surface area contributed by atoms with Crippen LogP contribution in [0.5, 0.6) is 0 Å². The predicted molar refractivity (Wildman–Crippen MR) is 71.8 cm³/mol. The second kappa shape index (κ2) is 5.87. The maximum absolute atomic E-state index is 13.7. The number of nitrogens with one attached hydrogen (secondary N) is 1. The molecule has 21 heavy (non-hydrogen) atoms. The van der Waals surface area contributed by atoms with Crippen molar-refractivity contribution in [3.63, 3.8) is 0 Å². The number of aromatic carboxylic acids is 1. The maximum atomic E-state index is 13.7. The second-order valence-corrected chi connectivity index (χ2v) is 4.53. The predicted octanol–water partition coefficient (Wildman–Crippen LogP) is 3.98. The first-order chi connectivity index (χ1) is 9.88. The third-order valence-corrected chi connectivity index (χ3v) is 3.03. The summed E-state index contributed by atoms with van der Waals surface area (Å²) in [5.74, 6) is -3.91. The zero-order chi connectivity index (χ0) is 15.6. The van der Waals surface area contributed by atoms with E-state index < -0.39 is 35.0 Å². The molecule has 0 aromatic heterocycles. The van der Waals surface area contributed by atoms with Gasteiger partial charge in [-0.3, -0.25) is 0 Å². The zero-order valence-electron chi connectivity index (χ0n) is 11.0. The van der Waals surface area contributed by atoms with Gasteiger partial charge in [0.25, 0.3) is 0 Å². The first-order valence-corrected chi connectivity index (χ1v) is 6.13. The van der Waals surface area contributed by atoms with E-state index >= 15 is 0 Å². The number of anilines is 1. The molecule has 0 heterocycles. The van der Waals surface area contributed by atoms with Crippen LogP contribution in [0, 0.1) is 17.5 Å². The molecule has 0 amide bonds. The average molecular weight is 295 g/mol. The lowest BCUT2D eigenvalue weighted by atomic mass is 10.1. The van der Waals surface area contributed by atoms with Gasteiger partial charge in [0.05, 0.1) is 11.3 Å². The van der Waals surface area contributed by atoms with E-state index in [9.17, 15) is 18.0 Å². The average Bonchev–Trinajstić information content (AvgIpc) is 2.42. The third-order valence-electron chi connectivity index (χ3n) is 3.03. The number of rotatable bonds is 4. The molecule has 0 aliphatic carbocycles. The first kappa shape index (κ1) is 14.9. The van der Waals surface area contributed by atoms with Crippen LogP contribution in [-0.2, 0) is 0 Å². The minimum atomic E-state index is -1.48. The van der Waals surface area contributed by atoms with Gasteiger partial charge in [-0.25, -0.2) is 18.0 Å². The Balaban J connectivity index is 2.28. The molecule has 110 valence electrons. The van der Waals surface area contributed by atoms with Crippen LogP contribution in [0.3, 0.4) is 0 Å². The molecular formula is C15H12F3NO2. The molecule has 0 aliphatic rings. The lowest BCUT2D eigenvalue weighted by Gasteiger charge is -2.17. The summed E-state index contributed by atoms with van der Waals surface area (Å²) in [6, 6.07) is 6.57. The molecule has 0 fully saturated rings. The Morgan fingerprint density at radius 2 is 1.71 bits per heavy atom. The molecule has 0 bridgehead atoms. The van der Waals surface area contributed by atoms with Gasteiger partial charge in [0.1, 0.15) is 17.5 Å². The molecule has 0 spiro atoms. The highest BCUT2D eigenvalue weighted by Gasteiger charge is 2.16. The lowest BCUT2D eigenvalue weighted by Crippen LogP contribution is -2.10. The summed E-state index contributed by atoms with van der Waals surface area (Å²) >= 11 is 0. The van der Waals surface area contributed by atoms with E-state index in [4.69, 9.17) is 5.11 Å². The molecular weight excluding hydrogens is 283 g/mol. The van der Waals surface area contributed by atoms with E-state index in [1.807, 2.05) is 0 Å². The fourth-order valence-corrected chi connectivity index (χ4v) is 1.89. The van der Waals surface area contributed by atoms with Gasteiger partial charge < -0.3 is 10.4 Å². The Labute approximate surface area is 119 Å². The van der Waals surface area contributed by atoms with Crippen molar-refractivity contribution in [2.45, 2.75) is 13.0 Å². The van der Waals surface area contributed by atoms with Crippen LogP contribution in [0.25, 0.3) is 0 Å². The molecule has 3 nitrogen and oxygen atoms in total. The minimum Gasteiger partial charge on any atom is -0.478 e. The molecule has 2 aromatic carbocycles. The fourth-order valence-electron chi connectivity index (χ4n) is 1.89. The van der Waals surface area contributed by atoms with Gasteiger partial charge in [-0.05, 0) is 30.7 Å². The quantitative estimate of drug-likeness (QED) is 0.897. The third kappa shape index (κ3) is 3.34. The van der Waals surface area contributed by atoms with Gasteiger partial charge in [0.15, 0.2) is 0 Å².